The zero-order valence-corrected chi connectivity index (χ0v) is 12.6. The third-order valence-electron chi connectivity index (χ3n) is 3.47. The summed E-state index contributed by atoms with van der Waals surface area (Å²) in [7, 11) is 0. The molecule has 6 heteroatoms. The molecule has 0 saturated carbocycles. The zero-order valence-electron chi connectivity index (χ0n) is 12.6. The summed E-state index contributed by atoms with van der Waals surface area (Å²) in [6.45, 7) is 6.89. The largest absolute Gasteiger partial charge is 0.480 e. The second-order valence-corrected chi connectivity index (χ2v) is 6.43. The van der Waals surface area contributed by atoms with E-state index in [0.717, 1.165) is 19.3 Å². The number of carboxylic acids is 1. The van der Waals surface area contributed by atoms with Crippen molar-refractivity contribution in [2.24, 2.45) is 11.7 Å². The predicted molar refractivity (Wildman–Crippen MR) is 75.4 cm³/mol. The van der Waals surface area contributed by atoms with Crippen molar-refractivity contribution in [1.82, 2.24) is 4.90 Å². The third kappa shape index (κ3) is 5.77. The van der Waals surface area contributed by atoms with Crippen LogP contribution in [0.5, 0.6) is 0 Å². The molecule has 20 heavy (non-hydrogen) atoms. The SMILES string of the molecule is CC(C)(C)OC(=O)N1CCC(CCC(N)C(=O)O)CC1. The Morgan fingerprint density at radius 1 is 1.35 bits per heavy atom. The molecule has 0 aromatic rings. The Morgan fingerprint density at radius 2 is 1.90 bits per heavy atom. The number of hydrogen-bond acceptors (Lipinski definition) is 4. The van der Waals surface area contributed by atoms with Crippen LogP contribution in [0.4, 0.5) is 4.79 Å². The van der Waals surface area contributed by atoms with Crippen LogP contribution in [-0.2, 0) is 9.53 Å². The van der Waals surface area contributed by atoms with Gasteiger partial charge in [-0.25, -0.2) is 4.79 Å². The maximum absolute atomic E-state index is 11.9. The molecule has 1 amide bonds. The minimum Gasteiger partial charge on any atom is -0.480 e. The summed E-state index contributed by atoms with van der Waals surface area (Å²) in [5.74, 6) is -0.504. The summed E-state index contributed by atoms with van der Waals surface area (Å²) < 4.78 is 5.33. The monoisotopic (exact) mass is 286 g/mol. The van der Waals surface area contributed by atoms with E-state index in [4.69, 9.17) is 15.6 Å². The van der Waals surface area contributed by atoms with Gasteiger partial charge in [-0.1, -0.05) is 0 Å². The average molecular weight is 286 g/mol. The molecule has 1 rings (SSSR count). The molecule has 0 aromatic carbocycles. The van der Waals surface area contributed by atoms with Crippen molar-refractivity contribution in [3.05, 3.63) is 0 Å². The summed E-state index contributed by atoms with van der Waals surface area (Å²) in [5.41, 5.74) is 5.02. The highest BCUT2D eigenvalue weighted by Gasteiger charge is 2.27. The first-order valence-corrected chi connectivity index (χ1v) is 7.15. The van der Waals surface area contributed by atoms with Gasteiger partial charge < -0.3 is 20.5 Å². The van der Waals surface area contributed by atoms with E-state index in [9.17, 15) is 9.59 Å². The van der Waals surface area contributed by atoms with Gasteiger partial charge in [-0.15, -0.1) is 0 Å². The highest BCUT2D eigenvalue weighted by molar-refractivity contribution is 5.72. The number of aliphatic carboxylic acids is 1. The molecule has 1 atom stereocenters. The van der Waals surface area contributed by atoms with Crippen molar-refractivity contribution in [1.29, 1.82) is 0 Å². The lowest BCUT2D eigenvalue weighted by Gasteiger charge is -2.33. The van der Waals surface area contributed by atoms with Crippen LogP contribution in [0.2, 0.25) is 0 Å². The van der Waals surface area contributed by atoms with E-state index in [-0.39, 0.29) is 6.09 Å². The number of hydrogen-bond donors (Lipinski definition) is 2. The standard InChI is InChI=1S/C14H26N2O4/c1-14(2,3)20-13(19)16-8-6-10(7-9-16)4-5-11(15)12(17)18/h10-11H,4-9,15H2,1-3H3,(H,17,18). The van der Waals surface area contributed by atoms with Gasteiger partial charge in [-0.05, 0) is 52.4 Å². The van der Waals surface area contributed by atoms with Crippen LogP contribution in [0, 0.1) is 5.92 Å². The van der Waals surface area contributed by atoms with Crippen LogP contribution >= 0.6 is 0 Å². The molecule has 1 unspecified atom stereocenters. The average Bonchev–Trinajstić information content (AvgIpc) is 2.34. The molecular weight excluding hydrogens is 260 g/mol. The van der Waals surface area contributed by atoms with Crippen molar-refractivity contribution in [2.45, 2.75) is 58.1 Å². The van der Waals surface area contributed by atoms with Crippen molar-refractivity contribution >= 4 is 12.1 Å². The van der Waals surface area contributed by atoms with E-state index >= 15 is 0 Å². The Balaban J connectivity index is 2.29. The normalized spacial score (nSPS) is 18.7. The minimum absolute atomic E-state index is 0.266. The van der Waals surface area contributed by atoms with Crippen molar-refractivity contribution < 1.29 is 19.4 Å². The number of nitrogens with two attached hydrogens (primary N) is 1. The number of amides is 1. The van der Waals surface area contributed by atoms with Gasteiger partial charge in [0.15, 0.2) is 0 Å². The molecule has 0 spiro atoms. The smallest absolute Gasteiger partial charge is 0.410 e. The Hall–Kier alpha value is -1.30. The van der Waals surface area contributed by atoms with Crippen LogP contribution < -0.4 is 5.73 Å². The first-order valence-electron chi connectivity index (χ1n) is 7.15. The highest BCUT2D eigenvalue weighted by atomic mass is 16.6. The van der Waals surface area contributed by atoms with E-state index in [1.807, 2.05) is 20.8 Å². The van der Waals surface area contributed by atoms with Crippen LogP contribution in [0.1, 0.15) is 46.5 Å². The summed E-state index contributed by atoms with van der Waals surface area (Å²) in [6.07, 6.45) is 2.79. The second kappa shape index (κ2) is 6.92. The Bertz CT molecular complexity index is 344. The summed E-state index contributed by atoms with van der Waals surface area (Å²) in [5, 5.41) is 8.74. The summed E-state index contributed by atoms with van der Waals surface area (Å²) >= 11 is 0. The van der Waals surface area contributed by atoms with Crippen LogP contribution in [0.3, 0.4) is 0 Å². The maximum atomic E-state index is 11.9. The number of likely N-dealkylation sites (tertiary alicyclic amines) is 1. The van der Waals surface area contributed by atoms with Crippen LogP contribution in [0.25, 0.3) is 0 Å². The molecule has 1 heterocycles. The van der Waals surface area contributed by atoms with Gasteiger partial charge in [0, 0.05) is 13.1 Å². The van der Waals surface area contributed by atoms with Crippen molar-refractivity contribution in [3.63, 3.8) is 0 Å². The molecular formula is C14H26N2O4. The fourth-order valence-corrected chi connectivity index (χ4v) is 2.27. The van der Waals surface area contributed by atoms with E-state index in [2.05, 4.69) is 0 Å². The number of nitrogens with zero attached hydrogens (tertiary/aromatic N) is 1. The summed E-state index contributed by atoms with van der Waals surface area (Å²) in [4.78, 5) is 24.3. The van der Waals surface area contributed by atoms with Gasteiger partial charge >= 0.3 is 12.1 Å². The molecule has 1 aliphatic heterocycles. The summed E-state index contributed by atoms with van der Waals surface area (Å²) in [6, 6.07) is -0.779. The van der Waals surface area contributed by atoms with Gasteiger partial charge in [-0.2, -0.15) is 0 Å². The predicted octanol–water partition coefficient (Wildman–Crippen LogP) is 1.83. The number of carbonyl (C=O) groups excluding carboxylic acids is 1. The van der Waals surface area contributed by atoms with Gasteiger partial charge in [-0.3, -0.25) is 4.79 Å². The molecule has 1 aliphatic rings. The fraction of sp³-hybridized carbons (Fsp3) is 0.857. The maximum Gasteiger partial charge on any atom is 0.410 e. The first kappa shape index (κ1) is 16.8. The molecule has 0 bridgehead atoms. The molecule has 3 N–H and O–H groups in total. The zero-order chi connectivity index (χ0) is 15.3. The first-order chi connectivity index (χ1) is 9.19. The Morgan fingerprint density at radius 3 is 2.35 bits per heavy atom. The number of rotatable bonds is 4. The molecule has 1 fully saturated rings. The van der Waals surface area contributed by atoms with Gasteiger partial charge in [0.2, 0.25) is 0 Å². The van der Waals surface area contributed by atoms with E-state index < -0.39 is 17.6 Å². The van der Waals surface area contributed by atoms with Gasteiger partial charge in [0.1, 0.15) is 11.6 Å². The van der Waals surface area contributed by atoms with Crippen molar-refractivity contribution in [3.8, 4) is 0 Å². The highest BCUT2D eigenvalue weighted by Crippen LogP contribution is 2.23. The van der Waals surface area contributed by atoms with Gasteiger partial charge in [0.05, 0.1) is 0 Å². The van der Waals surface area contributed by atoms with Crippen LogP contribution in [-0.4, -0.2) is 46.8 Å². The van der Waals surface area contributed by atoms with Gasteiger partial charge in [0.25, 0.3) is 0 Å². The number of piperidine rings is 1. The molecule has 116 valence electrons. The quantitative estimate of drug-likeness (QED) is 0.822. The number of carboxylic acid groups (broad SMARTS) is 1. The minimum atomic E-state index is -0.948. The lowest BCUT2D eigenvalue weighted by atomic mass is 9.91. The molecule has 1 saturated heterocycles. The lowest BCUT2D eigenvalue weighted by molar-refractivity contribution is -0.138. The molecule has 0 aromatic heterocycles. The fourth-order valence-electron chi connectivity index (χ4n) is 2.27. The lowest BCUT2D eigenvalue weighted by Crippen LogP contribution is -2.42. The van der Waals surface area contributed by atoms with E-state index in [1.165, 1.54) is 0 Å². The van der Waals surface area contributed by atoms with E-state index in [0.29, 0.717) is 25.4 Å². The second-order valence-electron chi connectivity index (χ2n) is 6.43. The number of ether oxygens (including phenoxy) is 1. The van der Waals surface area contributed by atoms with E-state index in [1.54, 1.807) is 4.90 Å². The topological polar surface area (TPSA) is 92.9 Å². The number of carbonyl (C=O) groups is 2. The van der Waals surface area contributed by atoms with Crippen LogP contribution in [0.15, 0.2) is 0 Å². The third-order valence-corrected chi connectivity index (χ3v) is 3.47. The Kier molecular flexibility index (Phi) is 5.80. The van der Waals surface area contributed by atoms with Crippen molar-refractivity contribution in [2.75, 3.05) is 13.1 Å². The molecule has 0 aliphatic carbocycles. The molecule has 6 nitrogen and oxygen atoms in total. The molecule has 0 radical (unpaired) electrons. The Labute approximate surface area is 120 Å².